The van der Waals surface area contributed by atoms with Crippen LogP contribution in [0.4, 0.5) is 5.82 Å². The number of carbonyl (C=O) groups is 1. The van der Waals surface area contributed by atoms with Gasteiger partial charge in [0.1, 0.15) is 13.2 Å². The van der Waals surface area contributed by atoms with Gasteiger partial charge in [0.15, 0.2) is 17.3 Å². The summed E-state index contributed by atoms with van der Waals surface area (Å²) in [6.45, 7) is 4.98. The van der Waals surface area contributed by atoms with E-state index in [9.17, 15) is 4.79 Å². The fraction of sp³-hybridized carbons (Fsp3) is 0.190. The first kappa shape index (κ1) is 17.0. The van der Waals surface area contributed by atoms with Crippen LogP contribution < -0.4 is 14.8 Å². The van der Waals surface area contributed by atoms with Crippen LogP contribution >= 0.6 is 0 Å². The van der Waals surface area contributed by atoms with E-state index in [0.717, 1.165) is 22.4 Å². The van der Waals surface area contributed by atoms with Crippen LogP contribution in [0.2, 0.25) is 0 Å². The second kappa shape index (κ2) is 7.07. The minimum absolute atomic E-state index is 0.203. The largest absolute Gasteiger partial charge is 0.486 e. The van der Waals surface area contributed by atoms with E-state index in [-0.39, 0.29) is 5.91 Å². The number of nitrogens with one attached hydrogen (secondary N) is 1. The van der Waals surface area contributed by atoms with E-state index in [1.165, 1.54) is 0 Å². The van der Waals surface area contributed by atoms with Crippen LogP contribution in [0.1, 0.15) is 21.5 Å². The second-order valence-electron chi connectivity index (χ2n) is 6.37. The van der Waals surface area contributed by atoms with Gasteiger partial charge in [0.05, 0.1) is 18.1 Å². The summed E-state index contributed by atoms with van der Waals surface area (Å²) in [4.78, 5) is 21.2. The van der Waals surface area contributed by atoms with E-state index < -0.39 is 0 Å². The lowest BCUT2D eigenvalue weighted by Crippen LogP contribution is -2.15. The third-order valence-electron chi connectivity index (χ3n) is 4.45. The molecule has 0 fully saturated rings. The molecule has 1 N–H and O–H groups in total. The topological polar surface area (TPSA) is 73.3 Å². The first-order chi connectivity index (χ1) is 13.1. The fourth-order valence-corrected chi connectivity index (χ4v) is 3.01. The number of hydrogen-bond donors (Lipinski definition) is 1. The molecule has 136 valence electrons. The molecule has 2 aromatic carbocycles. The molecule has 0 unspecified atom stereocenters. The summed E-state index contributed by atoms with van der Waals surface area (Å²) in [5.74, 6) is 1.66. The van der Waals surface area contributed by atoms with Gasteiger partial charge in [0.25, 0.3) is 5.91 Å². The monoisotopic (exact) mass is 361 g/mol. The normalized spacial score (nSPS) is 12.5. The van der Waals surface area contributed by atoms with Crippen LogP contribution in [0.25, 0.3) is 11.3 Å². The maximum Gasteiger partial charge on any atom is 0.257 e. The lowest BCUT2D eigenvalue weighted by molar-refractivity contribution is 0.102. The zero-order chi connectivity index (χ0) is 18.8. The van der Waals surface area contributed by atoms with Crippen LogP contribution in [0.15, 0.2) is 48.8 Å². The Balaban J connectivity index is 1.56. The van der Waals surface area contributed by atoms with Crippen molar-refractivity contribution in [3.8, 4) is 22.8 Å². The van der Waals surface area contributed by atoms with Gasteiger partial charge in [-0.2, -0.15) is 0 Å². The van der Waals surface area contributed by atoms with E-state index in [1.54, 1.807) is 18.5 Å². The van der Waals surface area contributed by atoms with Crippen molar-refractivity contribution in [2.45, 2.75) is 13.8 Å². The van der Waals surface area contributed by atoms with Gasteiger partial charge in [-0.1, -0.05) is 18.2 Å². The van der Waals surface area contributed by atoms with Gasteiger partial charge in [0, 0.05) is 11.1 Å². The maximum atomic E-state index is 12.4. The predicted octanol–water partition coefficient (Wildman–Crippen LogP) is 3.78. The van der Waals surface area contributed by atoms with E-state index in [1.807, 2.05) is 44.2 Å². The Morgan fingerprint density at radius 1 is 0.963 bits per heavy atom. The van der Waals surface area contributed by atoms with Crippen molar-refractivity contribution in [2.75, 3.05) is 18.5 Å². The van der Waals surface area contributed by atoms with Crippen molar-refractivity contribution < 1.29 is 14.3 Å². The highest BCUT2D eigenvalue weighted by Crippen LogP contribution is 2.36. The molecule has 27 heavy (non-hydrogen) atoms. The van der Waals surface area contributed by atoms with Crippen LogP contribution in [0.5, 0.6) is 11.5 Å². The molecule has 1 aromatic heterocycles. The van der Waals surface area contributed by atoms with Gasteiger partial charge in [0.2, 0.25) is 0 Å². The van der Waals surface area contributed by atoms with Gasteiger partial charge < -0.3 is 14.8 Å². The van der Waals surface area contributed by atoms with Gasteiger partial charge in [-0.05, 0) is 43.2 Å². The molecule has 2 heterocycles. The van der Waals surface area contributed by atoms with Crippen LogP contribution in [-0.2, 0) is 0 Å². The van der Waals surface area contributed by atoms with Gasteiger partial charge in [-0.25, -0.2) is 4.98 Å². The zero-order valence-corrected chi connectivity index (χ0v) is 15.2. The number of carbonyl (C=O) groups excluding carboxylic acids is 1. The summed E-state index contributed by atoms with van der Waals surface area (Å²) in [5, 5.41) is 2.79. The standard InChI is InChI=1S/C21H19N3O3/c1-13-5-3-4-6-15(13)21(25)24-20-12-22-17(11-23-20)16-10-19-18(9-14(16)2)26-7-8-27-19/h3-6,9-12H,7-8H2,1-2H3,(H,23,24,25). The van der Waals surface area contributed by atoms with E-state index in [0.29, 0.717) is 36.0 Å². The Morgan fingerprint density at radius 2 is 1.70 bits per heavy atom. The van der Waals surface area contributed by atoms with Crippen LogP contribution in [0, 0.1) is 13.8 Å². The summed E-state index contributed by atoms with van der Waals surface area (Å²) in [6, 6.07) is 11.3. The molecule has 1 amide bonds. The van der Waals surface area contributed by atoms with Crippen molar-refractivity contribution in [1.82, 2.24) is 9.97 Å². The predicted molar refractivity (Wildman–Crippen MR) is 102 cm³/mol. The summed E-state index contributed by atoms with van der Waals surface area (Å²) in [6.07, 6.45) is 3.20. The molecule has 1 aliphatic heterocycles. The molecule has 6 heteroatoms. The summed E-state index contributed by atoms with van der Waals surface area (Å²) in [7, 11) is 0. The lowest BCUT2D eigenvalue weighted by atomic mass is 10.0. The minimum Gasteiger partial charge on any atom is -0.486 e. The summed E-state index contributed by atoms with van der Waals surface area (Å²) >= 11 is 0. The van der Waals surface area contributed by atoms with Crippen molar-refractivity contribution in [1.29, 1.82) is 0 Å². The third kappa shape index (κ3) is 3.46. The van der Waals surface area contributed by atoms with E-state index in [2.05, 4.69) is 15.3 Å². The van der Waals surface area contributed by atoms with E-state index in [4.69, 9.17) is 9.47 Å². The molecule has 1 aliphatic rings. The Hall–Kier alpha value is -3.41. The molecule has 3 aromatic rings. The van der Waals surface area contributed by atoms with Crippen molar-refractivity contribution in [2.24, 2.45) is 0 Å². The average Bonchev–Trinajstić information content (AvgIpc) is 2.68. The first-order valence-electron chi connectivity index (χ1n) is 8.71. The minimum atomic E-state index is -0.203. The molecule has 0 aliphatic carbocycles. The van der Waals surface area contributed by atoms with Gasteiger partial charge in [-0.15, -0.1) is 0 Å². The molecular formula is C21H19N3O3. The van der Waals surface area contributed by atoms with Crippen molar-refractivity contribution in [3.05, 3.63) is 65.5 Å². The number of rotatable bonds is 3. The van der Waals surface area contributed by atoms with Crippen LogP contribution in [-0.4, -0.2) is 29.1 Å². The fourth-order valence-electron chi connectivity index (χ4n) is 3.01. The zero-order valence-electron chi connectivity index (χ0n) is 15.2. The smallest absolute Gasteiger partial charge is 0.257 e. The molecule has 0 saturated carbocycles. The highest BCUT2D eigenvalue weighted by atomic mass is 16.6. The molecule has 0 spiro atoms. The molecular weight excluding hydrogens is 342 g/mol. The van der Waals surface area contributed by atoms with Gasteiger partial charge >= 0.3 is 0 Å². The first-order valence-corrected chi connectivity index (χ1v) is 8.71. The number of benzene rings is 2. The number of aryl methyl sites for hydroxylation is 2. The number of fused-ring (bicyclic) bond motifs is 1. The highest BCUT2D eigenvalue weighted by molar-refractivity contribution is 6.04. The number of ether oxygens (including phenoxy) is 2. The molecule has 0 bridgehead atoms. The summed E-state index contributed by atoms with van der Waals surface area (Å²) < 4.78 is 11.2. The SMILES string of the molecule is Cc1ccccc1C(=O)Nc1cnc(-c2cc3c(cc2C)OCCO3)cn1. The van der Waals surface area contributed by atoms with Crippen LogP contribution in [0.3, 0.4) is 0 Å². The maximum absolute atomic E-state index is 12.4. The number of hydrogen-bond acceptors (Lipinski definition) is 5. The number of nitrogens with zero attached hydrogens (tertiary/aromatic N) is 2. The Labute approximate surface area is 157 Å². The molecule has 0 atom stereocenters. The molecule has 6 nitrogen and oxygen atoms in total. The van der Waals surface area contributed by atoms with Crippen molar-refractivity contribution >= 4 is 11.7 Å². The van der Waals surface area contributed by atoms with Crippen molar-refractivity contribution in [3.63, 3.8) is 0 Å². The Kier molecular flexibility index (Phi) is 4.46. The highest BCUT2D eigenvalue weighted by Gasteiger charge is 2.16. The number of amides is 1. The molecule has 0 radical (unpaired) electrons. The lowest BCUT2D eigenvalue weighted by Gasteiger charge is -2.20. The summed E-state index contributed by atoms with van der Waals surface area (Å²) in [5.41, 5.74) is 4.17. The average molecular weight is 361 g/mol. The number of anilines is 1. The second-order valence-corrected chi connectivity index (χ2v) is 6.37. The van der Waals surface area contributed by atoms with Gasteiger partial charge in [-0.3, -0.25) is 9.78 Å². The molecule has 4 rings (SSSR count). The molecule has 0 saturated heterocycles. The third-order valence-corrected chi connectivity index (χ3v) is 4.45. The number of aromatic nitrogens is 2. The Morgan fingerprint density at radius 3 is 2.41 bits per heavy atom. The Bertz CT molecular complexity index is 1000. The van der Waals surface area contributed by atoms with E-state index >= 15 is 0 Å². The quantitative estimate of drug-likeness (QED) is 0.768.